The smallest absolute Gasteiger partial charge is 0.241 e. The summed E-state index contributed by atoms with van der Waals surface area (Å²) in [5.74, 6) is -0.465. The quantitative estimate of drug-likeness (QED) is 0.849. The van der Waals surface area contributed by atoms with E-state index < -0.39 is 6.04 Å². The Morgan fingerprint density at radius 3 is 2.48 bits per heavy atom. The minimum absolute atomic E-state index is 0.148. The van der Waals surface area contributed by atoms with E-state index in [1.165, 1.54) is 11.3 Å². The molecule has 110 valence electrons. The lowest BCUT2D eigenvalue weighted by atomic mass is 10.0. The average molecular weight is 323 g/mol. The molecule has 21 heavy (non-hydrogen) atoms. The predicted molar refractivity (Wildman–Crippen MR) is 86.2 cm³/mol. The Bertz CT molecular complexity index is 677. The van der Waals surface area contributed by atoms with Crippen molar-refractivity contribution >= 4 is 39.6 Å². The van der Waals surface area contributed by atoms with Gasteiger partial charge in [0.05, 0.1) is 11.6 Å². The zero-order chi connectivity index (χ0) is 15.6. The number of nitrogens with two attached hydrogens (primary N) is 1. The number of ketones is 1. The molecule has 1 aromatic heterocycles. The third-order valence-electron chi connectivity index (χ3n) is 2.96. The van der Waals surface area contributed by atoms with Gasteiger partial charge in [-0.3, -0.25) is 9.59 Å². The second kappa shape index (κ2) is 6.39. The molecule has 0 unspecified atom stereocenters. The average Bonchev–Trinajstić information content (AvgIpc) is 2.79. The van der Waals surface area contributed by atoms with Gasteiger partial charge in [-0.2, -0.15) is 0 Å². The number of nitrogens with one attached hydrogen (secondary N) is 1. The standard InChI is InChI=1S/C15H15ClN2O2S/c1-8-7-21-15(18-14(20)9(2)17)12(8)13(19)10-3-5-11(16)6-4-10/h3-7,9H,17H2,1-2H3,(H,18,20)/t9-/m0/s1. The van der Waals surface area contributed by atoms with Crippen LogP contribution in [-0.4, -0.2) is 17.7 Å². The van der Waals surface area contributed by atoms with Crippen LogP contribution < -0.4 is 11.1 Å². The summed E-state index contributed by atoms with van der Waals surface area (Å²) in [6.07, 6.45) is 0. The third kappa shape index (κ3) is 3.50. The van der Waals surface area contributed by atoms with Crippen LogP contribution in [0.1, 0.15) is 28.4 Å². The monoisotopic (exact) mass is 322 g/mol. The highest BCUT2D eigenvalue weighted by Crippen LogP contribution is 2.30. The van der Waals surface area contributed by atoms with Crippen molar-refractivity contribution in [3.63, 3.8) is 0 Å². The highest BCUT2D eigenvalue weighted by atomic mass is 35.5. The third-order valence-corrected chi connectivity index (χ3v) is 4.22. The fraction of sp³-hybridized carbons (Fsp3) is 0.200. The maximum atomic E-state index is 12.6. The molecule has 0 bridgehead atoms. The summed E-state index contributed by atoms with van der Waals surface area (Å²) in [4.78, 5) is 24.3. The van der Waals surface area contributed by atoms with E-state index in [-0.39, 0.29) is 11.7 Å². The summed E-state index contributed by atoms with van der Waals surface area (Å²) >= 11 is 7.14. The van der Waals surface area contributed by atoms with E-state index in [1.54, 1.807) is 31.2 Å². The van der Waals surface area contributed by atoms with E-state index in [9.17, 15) is 9.59 Å². The molecule has 0 saturated carbocycles. The normalized spacial score (nSPS) is 12.0. The molecule has 1 atom stereocenters. The van der Waals surface area contributed by atoms with E-state index in [0.717, 1.165) is 5.56 Å². The van der Waals surface area contributed by atoms with E-state index >= 15 is 0 Å². The van der Waals surface area contributed by atoms with Gasteiger partial charge >= 0.3 is 0 Å². The number of carbonyl (C=O) groups is 2. The van der Waals surface area contributed by atoms with Gasteiger partial charge in [0.2, 0.25) is 5.91 Å². The Morgan fingerprint density at radius 2 is 1.90 bits per heavy atom. The highest BCUT2D eigenvalue weighted by molar-refractivity contribution is 7.15. The van der Waals surface area contributed by atoms with Crippen molar-refractivity contribution in [1.82, 2.24) is 0 Å². The lowest BCUT2D eigenvalue weighted by Gasteiger charge is -2.09. The molecule has 2 rings (SSSR count). The van der Waals surface area contributed by atoms with Crippen molar-refractivity contribution in [1.29, 1.82) is 0 Å². The number of halogens is 1. The van der Waals surface area contributed by atoms with Crippen LogP contribution in [0.15, 0.2) is 29.6 Å². The molecule has 0 radical (unpaired) electrons. The number of rotatable bonds is 4. The summed E-state index contributed by atoms with van der Waals surface area (Å²) < 4.78 is 0. The van der Waals surface area contributed by atoms with E-state index in [4.69, 9.17) is 17.3 Å². The molecule has 1 amide bonds. The second-order valence-electron chi connectivity index (χ2n) is 4.74. The molecule has 6 heteroatoms. The van der Waals surface area contributed by atoms with Crippen LogP contribution in [0.5, 0.6) is 0 Å². The number of amides is 1. The van der Waals surface area contributed by atoms with Crippen LogP contribution in [0.25, 0.3) is 0 Å². The zero-order valence-electron chi connectivity index (χ0n) is 11.6. The van der Waals surface area contributed by atoms with Gasteiger partial charge in [0.25, 0.3) is 0 Å². The molecule has 2 aromatic rings. The van der Waals surface area contributed by atoms with Crippen molar-refractivity contribution in [2.24, 2.45) is 5.73 Å². The lowest BCUT2D eigenvalue weighted by Crippen LogP contribution is -2.32. The Morgan fingerprint density at radius 1 is 1.29 bits per heavy atom. The molecule has 0 aliphatic rings. The Balaban J connectivity index is 2.35. The van der Waals surface area contributed by atoms with Crippen LogP contribution in [0.2, 0.25) is 5.02 Å². The topological polar surface area (TPSA) is 72.2 Å². The van der Waals surface area contributed by atoms with Gasteiger partial charge in [0.15, 0.2) is 5.78 Å². The van der Waals surface area contributed by atoms with Gasteiger partial charge in [-0.15, -0.1) is 11.3 Å². The summed E-state index contributed by atoms with van der Waals surface area (Å²) in [5, 5.41) is 5.63. The first-order valence-corrected chi connectivity index (χ1v) is 7.60. The van der Waals surface area contributed by atoms with Crippen molar-refractivity contribution in [3.8, 4) is 0 Å². The van der Waals surface area contributed by atoms with Gasteiger partial charge in [-0.1, -0.05) is 11.6 Å². The van der Waals surface area contributed by atoms with Crippen molar-refractivity contribution in [3.05, 3.63) is 51.4 Å². The molecule has 4 nitrogen and oxygen atoms in total. The summed E-state index contributed by atoms with van der Waals surface area (Å²) in [7, 11) is 0. The number of anilines is 1. The molecule has 3 N–H and O–H groups in total. The minimum atomic E-state index is -0.633. The number of hydrogen-bond acceptors (Lipinski definition) is 4. The second-order valence-corrected chi connectivity index (χ2v) is 6.05. The zero-order valence-corrected chi connectivity index (χ0v) is 13.2. The number of carbonyl (C=O) groups excluding carboxylic acids is 2. The van der Waals surface area contributed by atoms with Gasteiger partial charge in [-0.25, -0.2) is 0 Å². The predicted octanol–water partition coefficient (Wildman–Crippen LogP) is 3.23. The van der Waals surface area contributed by atoms with Gasteiger partial charge < -0.3 is 11.1 Å². The molecule has 0 saturated heterocycles. The SMILES string of the molecule is Cc1csc(NC(=O)[C@H](C)N)c1C(=O)c1ccc(Cl)cc1. The molecule has 1 aromatic carbocycles. The number of thiophene rings is 1. The Hall–Kier alpha value is -1.69. The van der Waals surface area contributed by atoms with Crippen molar-refractivity contribution in [2.75, 3.05) is 5.32 Å². The van der Waals surface area contributed by atoms with Crippen LogP contribution in [-0.2, 0) is 4.79 Å². The van der Waals surface area contributed by atoms with Gasteiger partial charge in [-0.05, 0) is 49.1 Å². The van der Waals surface area contributed by atoms with Crippen molar-refractivity contribution < 1.29 is 9.59 Å². The summed E-state index contributed by atoms with van der Waals surface area (Å²) in [5.41, 5.74) is 7.38. The maximum absolute atomic E-state index is 12.6. The van der Waals surface area contributed by atoms with Crippen LogP contribution in [0.3, 0.4) is 0 Å². The minimum Gasteiger partial charge on any atom is -0.320 e. The van der Waals surface area contributed by atoms with Gasteiger partial charge in [0, 0.05) is 10.6 Å². The molecule has 0 spiro atoms. The first-order chi connectivity index (χ1) is 9.90. The fourth-order valence-electron chi connectivity index (χ4n) is 1.79. The largest absolute Gasteiger partial charge is 0.320 e. The summed E-state index contributed by atoms with van der Waals surface area (Å²) in [6, 6.07) is 6.02. The molecule has 0 aliphatic heterocycles. The highest BCUT2D eigenvalue weighted by Gasteiger charge is 2.20. The molecule has 0 fully saturated rings. The Labute approximate surface area is 131 Å². The van der Waals surface area contributed by atoms with Crippen molar-refractivity contribution in [2.45, 2.75) is 19.9 Å². The fourth-order valence-corrected chi connectivity index (χ4v) is 2.86. The Kier molecular flexibility index (Phi) is 4.77. The van der Waals surface area contributed by atoms with Gasteiger partial charge in [0.1, 0.15) is 5.00 Å². The van der Waals surface area contributed by atoms with Crippen LogP contribution >= 0.6 is 22.9 Å². The number of benzene rings is 1. The molecular formula is C15H15ClN2O2S. The lowest BCUT2D eigenvalue weighted by molar-refractivity contribution is -0.117. The van der Waals surface area contributed by atoms with Crippen LogP contribution in [0.4, 0.5) is 5.00 Å². The number of aryl methyl sites for hydroxylation is 1. The summed E-state index contributed by atoms with van der Waals surface area (Å²) in [6.45, 7) is 3.43. The van der Waals surface area contributed by atoms with E-state index in [1.807, 2.05) is 12.3 Å². The van der Waals surface area contributed by atoms with Crippen LogP contribution in [0, 0.1) is 6.92 Å². The van der Waals surface area contributed by atoms with E-state index in [0.29, 0.717) is 21.2 Å². The number of hydrogen-bond donors (Lipinski definition) is 2. The molecule has 0 aliphatic carbocycles. The van der Waals surface area contributed by atoms with E-state index in [2.05, 4.69) is 5.32 Å². The maximum Gasteiger partial charge on any atom is 0.241 e. The first-order valence-electron chi connectivity index (χ1n) is 6.35. The molecular weight excluding hydrogens is 308 g/mol. The first kappa shape index (κ1) is 15.7. The molecule has 1 heterocycles.